The van der Waals surface area contributed by atoms with Crippen molar-refractivity contribution in [2.45, 2.75) is 12.8 Å². The first-order valence-electron chi connectivity index (χ1n) is 9.30. The van der Waals surface area contributed by atoms with Gasteiger partial charge < -0.3 is 9.64 Å². The number of halogens is 2. The highest BCUT2D eigenvalue weighted by Crippen LogP contribution is 2.34. The van der Waals surface area contributed by atoms with Crippen molar-refractivity contribution in [3.8, 4) is 11.1 Å². The Morgan fingerprint density at radius 1 is 0.889 bits per heavy atom. The molecule has 27 heavy (non-hydrogen) atoms. The molecule has 0 saturated carbocycles. The maximum absolute atomic E-state index is 12.6. The molecule has 2 aliphatic rings. The minimum absolute atomic E-state index is 0.196. The molecule has 0 atom stereocenters. The maximum atomic E-state index is 12.6. The molecule has 2 aromatic rings. The maximum Gasteiger partial charge on any atom is 0.227 e. The van der Waals surface area contributed by atoms with Crippen LogP contribution in [0, 0.1) is 0 Å². The highest BCUT2D eigenvalue weighted by Gasteiger charge is 2.25. The van der Waals surface area contributed by atoms with Crippen LogP contribution in [-0.2, 0) is 16.0 Å². The highest BCUT2D eigenvalue weighted by atomic mass is 35.5. The first kappa shape index (κ1) is 18.8. The molecule has 1 saturated heterocycles. The zero-order chi connectivity index (χ0) is 18.8. The predicted molar refractivity (Wildman–Crippen MR) is 110 cm³/mol. The lowest BCUT2D eigenvalue weighted by molar-refractivity contribution is -0.119. The summed E-state index contributed by atoms with van der Waals surface area (Å²) in [5.74, 6) is 0.196. The lowest BCUT2D eigenvalue weighted by atomic mass is 9.96. The second-order valence-electron chi connectivity index (χ2n) is 6.97. The molecule has 0 bridgehead atoms. The Kier molecular flexibility index (Phi) is 5.69. The topological polar surface area (TPSA) is 32.8 Å². The molecule has 0 N–H and O–H groups in total. The molecule has 2 heterocycles. The van der Waals surface area contributed by atoms with Crippen molar-refractivity contribution in [2.24, 2.45) is 0 Å². The number of hydrogen-bond acceptors (Lipinski definition) is 3. The van der Waals surface area contributed by atoms with E-state index < -0.39 is 0 Å². The van der Waals surface area contributed by atoms with Crippen molar-refractivity contribution in [2.75, 3.05) is 44.3 Å². The van der Waals surface area contributed by atoms with Crippen molar-refractivity contribution in [3.05, 3.63) is 52.0 Å². The van der Waals surface area contributed by atoms with Crippen molar-refractivity contribution in [1.29, 1.82) is 0 Å². The smallest absolute Gasteiger partial charge is 0.227 e. The number of amides is 1. The molecular formula is C21H22Cl2N2O2. The molecule has 0 aliphatic carbocycles. The largest absolute Gasteiger partial charge is 0.379 e. The second-order valence-corrected chi connectivity index (χ2v) is 7.79. The number of morpholine rings is 1. The van der Waals surface area contributed by atoms with Crippen LogP contribution in [0.1, 0.15) is 12.0 Å². The number of hydrogen-bond donors (Lipinski definition) is 0. The van der Waals surface area contributed by atoms with Gasteiger partial charge in [0.2, 0.25) is 5.91 Å². The monoisotopic (exact) mass is 404 g/mol. The van der Waals surface area contributed by atoms with E-state index in [1.54, 1.807) is 6.07 Å². The fourth-order valence-corrected chi connectivity index (χ4v) is 4.00. The van der Waals surface area contributed by atoms with Crippen LogP contribution in [0.2, 0.25) is 10.0 Å². The first-order chi connectivity index (χ1) is 13.1. The van der Waals surface area contributed by atoms with Crippen molar-refractivity contribution < 1.29 is 9.53 Å². The van der Waals surface area contributed by atoms with Crippen LogP contribution in [0.25, 0.3) is 11.1 Å². The van der Waals surface area contributed by atoms with Gasteiger partial charge in [-0.25, -0.2) is 0 Å². The van der Waals surface area contributed by atoms with E-state index in [-0.39, 0.29) is 5.91 Å². The number of rotatable bonds is 4. The summed E-state index contributed by atoms with van der Waals surface area (Å²) in [5, 5.41) is 1.08. The number of aryl methyl sites for hydroxylation is 1. The Morgan fingerprint density at radius 3 is 2.41 bits per heavy atom. The lowest BCUT2D eigenvalue weighted by Crippen LogP contribution is -2.44. The second kappa shape index (κ2) is 8.19. The van der Waals surface area contributed by atoms with Crippen LogP contribution in [0.5, 0.6) is 0 Å². The Labute approximate surface area is 169 Å². The van der Waals surface area contributed by atoms with Gasteiger partial charge >= 0.3 is 0 Å². The van der Waals surface area contributed by atoms with Crippen molar-refractivity contribution in [1.82, 2.24) is 4.90 Å². The zero-order valence-electron chi connectivity index (χ0n) is 15.1. The molecule has 0 radical (unpaired) electrons. The SMILES string of the molecule is O=C1CCc2ccc(-c3ccc(Cl)c(Cl)c3)cc2N1CCN1CCOCC1. The molecule has 1 amide bonds. The van der Waals surface area contributed by atoms with Gasteiger partial charge in [-0.2, -0.15) is 0 Å². The minimum Gasteiger partial charge on any atom is -0.379 e. The van der Waals surface area contributed by atoms with Crippen molar-refractivity contribution in [3.63, 3.8) is 0 Å². The normalized spacial score (nSPS) is 17.9. The quantitative estimate of drug-likeness (QED) is 0.762. The molecule has 0 unspecified atom stereocenters. The van der Waals surface area contributed by atoms with Crippen LogP contribution in [-0.4, -0.2) is 50.2 Å². The number of anilines is 1. The summed E-state index contributed by atoms with van der Waals surface area (Å²) in [6.07, 6.45) is 1.37. The van der Waals surface area contributed by atoms with Gasteiger partial charge in [0.05, 0.1) is 23.3 Å². The van der Waals surface area contributed by atoms with Gasteiger partial charge in [0.15, 0.2) is 0 Å². The number of ether oxygens (including phenoxy) is 1. The summed E-state index contributed by atoms with van der Waals surface area (Å²) in [7, 11) is 0. The van der Waals surface area contributed by atoms with E-state index in [9.17, 15) is 4.79 Å². The van der Waals surface area contributed by atoms with Gasteiger partial charge in [0.25, 0.3) is 0 Å². The highest BCUT2D eigenvalue weighted by molar-refractivity contribution is 6.42. The fourth-order valence-electron chi connectivity index (χ4n) is 3.70. The standard InChI is InChI=1S/C21H22Cl2N2O2/c22-18-5-3-16(13-19(18)23)17-2-1-15-4-6-21(26)25(20(15)14-17)8-7-24-9-11-27-12-10-24/h1-3,5,13-14H,4,6-12H2. The number of carbonyl (C=O) groups excluding carboxylic acids is 1. The average Bonchev–Trinajstić information content (AvgIpc) is 2.70. The van der Waals surface area contributed by atoms with Crippen molar-refractivity contribution >= 4 is 34.8 Å². The molecule has 0 spiro atoms. The van der Waals surface area contributed by atoms with Gasteiger partial charge in [-0.1, -0.05) is 41.4 Å². The third-order valence-corrected chi connectivity index (χ3v) is 6.02. The molecule has 1 fully saturated rings. The van der Waals surface area contributed by atoms with Gasteiger partial charge in [-0.3, -0.25) is 9.69 Å². The predicted octanol–water partition coefficient (Wildman–Crippen LogP) is 4.27. The van der Waals surface area contributed by atoms with Gasteiger partial charge in [0, 0.05) is 38.3 Å². The van der Waals surface area contributed by atoms with E-state index in [0.717, 1.165) is 56.1 Å². The first-order valence-corrected chi connectivity index (χ1v) is 10.1. The molecule has 2 aromatic carbocycles. The fraction of sp³-hybridized carbons (Fsp3) is 0.381. The molecule has 4 nitrogen and oxygen atoms in total. The van der Waals surface area contributed by atoms with E-state index in [4.69, 9.17) is 27.9 Å². The third kappa shape index (κ3) is 4.14. The molecule has 0 aromatic heterocycles. The van der Waals surface area contributed by atoms with E-state index in [2.05, 4.69) is 23.1 Å². The van der Waals surface area contributed by atoms with Gasteiger partial charge in [0.1, 0.15) is 0 Å². The van der Waals surface area contributed by atoms with Crippen LogP contribution in [0.4, 0.5) is 5.69 Å². The Bertz CT molecular complexity index is 850. The summed E-state index contributed by atoms with van der Waals surface area (Å²) in [5.41, 5.74) is 4.28. The summed E-state index contributed by atoms with van der Waals surface area (Å²) < 4.78 is 5.41. The number of nitrogens with zero attached hydrogens (tertiary/aromatic N) is 2. The number of carbonyl (C=O) groups is 1. The number of fused-ring (bicyclic) bond motifs is 1. The molecule has 2 aliphatic heterocycles. The zero-order valence-corrected chi connectivity index (χ0v) is 16.6. The van der Waals surface area contributed by atoms with Gasteiger partial charge in [-0.15, -0.1) is 0 Å². The molecule has 142 valence electrons. The minimum atomic E-state index is 0.196. The van der Waals surface area contributed by atoms with E-state index in [0.29, 0.717) is 23.0 Å². The molecular weight excluding hydrogens is 383 g/mol. The summed E-state index contributed by atoms with van der Waals surface area (Å²) in [6.45, 7) is 4.97. The Morgan fingerprint density at radius 2 is 1.63 bits per heavy atom. The van der Waals surface area contributed by atoms with E-state index in [1.807, 2.05) is 17.0 Å². The average molecular weight is 405 g/mol. The van der Waals surface area contributed by atoms with Crippen LogP contribution in [0.3, 0.4) is 0 Å². The Hall–Kier alpha value is -1.59. The third-order valence-electron chi connectivity index (χ3n) is 5.28. The van der Waals surface area contributed by atoms with Crippen LogP contribution in [0.15, 0.2) is 36.4 Å². The molecule has 6 heteroatoms. The lowest BCUT2D eigenvalue weighted by Gasteiger charge is -2.33. The molecule has 4 rings (SSSR count). The van der Waals surface area contributed by atoms with E-state index in [1.165, 1.54) is 5.56 Å². The summed E-state index contributed by atoms with van der Waals surface area (Å²) in [6, 6.07) is 12.0. The number of benzene rings is 2. The Balaban J connectivity index is 1.59. The van der Waals surface area contributed by atoms with Gasteiger partial charge in [-0.05, 0) is 41.3 Å². The van der Waals surface area contributed by atoms with Crippen LogP contribution < -0.4 is 4.90 Å². The summed E-state index contributed by atoms with van der Waals surface area (Å²) in [4.78, 5) is 16.9. The van der Waals surface area contributed by atoms with E-state index >= 15 is 0 Å². The van der Waals surface area contributed by atoms with Crippen LogP contribution >= 0.6 is 23.2 Å². The summed E-state index contributed by atoms with van der Waals surface area (Å²) >= 11 is 12.2.